The number of Topliss-reactive ketones (excluding diaryl/α,β-unsaturated/α-hetero) is 1. The van der Waals surface area contributed by atoms with Crippen LogP contribution in [0.15, 0.2) is 24.3 Å². The summed E-state index contributed by atoms with van der Waals surface area (Å²) in [4.78, 5) is 11.6. The lowest BCUT2D eigenvalue weighted by Crippen LogP contribution is -2.03. The van der Waals surface area contributed by atoms with E-state index < -0.39 is 0 Å². The first kappa shape index (κ1) is 12.7. The van der Waals surface area contributed by atoms with E-state index in [4.69, 9.17) is 9.47 Å². The fourth-order valence-electron chi connectivity index (χ4n) is 2.49. The topological polar surface area (TPSA) is 35.5 Å². The van der Waals surface area contributed by atoms with Gasteiger partial charge in [-0.3, -0.25) is 4.79 Å². The molecule has 1 saturated carbocycles. The average Bonchev–Trinajstić information content (AvgIpc) is 2.70. The molecule has 3 nitrogen and oxygen atoms in total. The van der Waals surface area contributed by atoms with Crippen LogP contribution in [0.2, 0.25) is 0 Å². The second-order valence-electron chi connectivity index (χ2n) is 4.60. The van der Waals surface area contributed by atoms with Gasteiger partial charge in [0, 0.05) is 17.9 Å². The molecule has 1 unspecified atom stereocenters. The van der Waals surface area contributed by atoms with Crippen molar-refractivity contribution in [1.82, 2.24) is 0 Å². The molecule has 1 aliphatic rings. The molecular formula is C15H18O3. The molecule has 18 heavy (non-hydrogen) atoms. The minimum absolute atomic E-state index is 0.0574. The molecule has 2 rings (SSSR count). The van der Waals surface area contributed by atoms with Gasteiger partial charge in [-0.25, -0.2) is 0 Å². The largest absolute Gasteiger partial charge is 0.496 e. The summed E-state index contributed by atoms with van der Waals surface area (Å²) in [6.45, 7) is 5.87. The van der Waals surface area contributed by atoms with E-state index in [2.05, 4.69) is 6.58 Å². The Balaban J connectivity index is 2.49. The molecule has 1 atom stereocenters. The third-order valence-electron chi connectivity index (χ3n) is 3.56. The summed E-state index contributed by atoms with van der Waals surface area (Å²) in [5.41, 5.74) is 2.70. The Morgan fingerprint density at radius 1 is 1.22 bits per heavy atom. The number of hydrogen-bond acceptors (Lipinski definition) is 3. The van der Waals surface area contributed by atoms with E-state index in [9.17, 15) is 4.79 Å². The average molecular weight is 246 g/mol. The van der Waals surface area contributed by atoms with Gasteiger partial charge >= 0.3 is 0 Å². The van der Waals surface area contributed by atoms with E-state index in [1.165, 1.54) is 0 Å². The predicted molar refractivity (Wildman–Crippen MR) is 70.4 cm³/mol. The zero-order valence-electron chi connectivity index (χ0n) is 11.1. The monoisotopic (exact) mass is 246 g/mol. The molecule has 0 saturated heterocycles. The molecule has 0 aliphatic heterocycles. The van der Waals surface area contributed by atoms with Gasteiger partial charge in [-0.1, -0.05) is 6.58 Å². The molecule has 0 radical (unpaired) electrons. The van der Waals surface area contributed by atoms with Crippen molar-refractivity contribution in [1.29, 1.82) is 0 Å². The Bertz CT molecular complexity index is 503. The summed E-state index contributed by atoms with van der Waals surface area (Å²) < 4.78 is 10.8. The van der Waals surface area contributed by atoms with Crippen molar-refractivity contribution < 1.29 is 14.3 Å². The van der Waals surface area contributed by atoms with Gasteiger partial charge in [-0.05, 0) is 36.6 Å². The molecule has 0 N–H and O–H groups in total. The molecule has 1 aliphatic carbocycles. The molecule has 1 aromatic carbocycles. The highest BCUT2D eigenvalue weighted by molar-refractivity contribution is 5.98. The van der Waals surface area contributed by atoms with E-state index in [1.54, 1.807) is 14.2 Å². The minimum Gasteiger partial charge on any atom is -0.496 e. The lowest BCUT2D eigenvalue weighted by molar-refractivity contribution is -0.114. The van der Waals surface area contributed by atoms with Crippen LogP contribution in [0.1, 0.15) is 29.9 Å². The molecule has 96 valence electrons. The van der Waals surface area contributed by atoms with Gasteiger partial charge in [0.15, 0.2) is 5.78 Å². The summed E-state index contributed by atoms with van der Waals surface area (Å²) in [6.07, 6.45) is 1.38. The molecule has 0 bridgehead atoms. The second-order valence-corrected chi connectivity index (χ2v) is 4.60. The van der Waals surface area contributed by atoms with Crippen molar-refractivity contribution in [2.45, 2.75) is 25.7 Å². The van der Waals surface area contributed by atoms with Crippen molar-refractivity contribution in [3.8, 4) is 11.5 Å². The van der Waals surface area contributed by atoms with Crippen LogP contribution in [0.3, 0.4) is 0 Å². The van der Waals surface area contributed by atoms with Crippen LogP contribution in [0.5, 0.6) is 11.5 Å². The van der Waals surface area contributed by atoms with E-state index in [1.807, 2.05) is 19.1 Å². The highest BCUT2D eigenvalue weighted by atomic mass is 16.5. The number of aryl methyl sites for hydroxylation is 1. The quantitative estimate of drug-likeness (QED) is 0.769. The zero-order chi connectivity index (χ0) is 13.3. The molecule has 0 heterocycles. The van der Waals surface area contributed by atoms with Gasteiger partial charge in [-0.15, -0.1) is 0 Å². The third-order valence-corrected chi connectivity index (χ3v) is 3.56. The number of carbonyl (C=O) groups is 1. The fraction of sp³-hybridized carbons (Fsp3) is 0.400. The number of ether oxygens (including phenoxy) is 2. The third kappa shape index (κ3) is 2.01. The predicted octanol–water partition coefficient (Wildman–Crippen LogP) is 3.01. The van der Waals surface area contributed by atoms with Crippen molar-refractivity contribution in [2.75, 3.05) is 14.2 Å². The minimum atomic E-state index is 0.0574. The highest BCUT2D eigenvalue weighted by Crippen LogP contribution is 2.42. The van der Waals surface area contributed by atoms with Crippen LogP contribution in [-0.4, -0.2) is 20.0 Å². The molecule has 1 fully saturated rings. The normalized spacial score (nSPS) is 19.2. The Morgan fingerprint density at radius 3 is 2.39 bits per heavy atom. The van der Waals surface area contributed by atoms with Gasteiger partial charge in [0.25, 0.3) is 0 Å². The molecule has 0 spiro atoms. The number of rotatable bonds is 3. The Kier molecular flexibility index (Phi) is 3.41. The lowest BCUT2D eigenvalue weighted by atomic mass is 9.92. The van der Waals surface area contributed by atoms with Crippen LogP contribution in [0, 0.1) is 6.92 Å². The summed E-state index contributed by atoms with van der Waals surface area (Å²) in [5, 5.41) is 0. The van der Waals surface area contributed by atoms with Crippen molar-refractivity contribution in [3.05, 3.63) is 35.4 Å². The van der Waals surface area contributed by atoms with Gasteiger partial charge in [0.1, 0.15) is 11.5 Å². The molecule has 0 amide bonds. The van der Waals surface area contributed by atoms with Crippen molar-refractivity contribution in [2.24, 2.45) is 0 Å². The van der Waals surface area contributed by atoms with Gasteiger partial charge in [0.2, 0.25) is 0 Å². The first-order chi connectivity index (χ1) is 8.58. The van der Waals surface area contributed by atoms with Crippen LogP contribution >= 0.6 is 0 Å². The standard InChI is InChI=1S/C15H18O3/c1-9-7-15(18-4)12(8-14(9)17-3)11-5-6-13(16)10(11)2/h7-8,11H,2,5-6H2,1,3-4H3. The van der Waals surface area contributed by atoms with Gasteiger partial charge in [0.05, 0.1) is 14.2 Å². The first-order valence-corrected chi connectivity index (χ1v) is 6.03. The Morgan fingerprint density at radius 2 is 1.89 bits per heavy atom. The zero-order valence-corrected chi connectivity index (χ0v) is 11.1. The van der Waals surface area contributed by atoms with E-state index in [-0.39, 0.29) is 11.7 Å². The maximum absolute atomic E-state index is 11.6. The molecule has 3 heteroatoms. The smallest absolute Gasteiger partial charge is 0.158 e. The molecule has 1 aromatic rings. The maximum Gasteiger partial charge on any atom is 0.158 e. The fourth-order valence-corrected chi connectivity index (χ4v) is 2.49. The van der Waals surface area contributed by atoms with Crippen LogP contribution in [0.25, 0.3) is 0 Å². The van der Waals surface area contributed by atoms with E-state index >= 15 is 0 Å². The number of ketones is 1. The number of allylic oxidation sites excluding steroid dienone is 1. The molecule has 0 aromatic heterocycles. The van der Waals surface area contributed by atoms with Gasteiger partial charge in [-0.2, -0.15) is 0 Å². The summed E-state index contributed by atoms with van der Waals surface area (Å²) in [5.74, 6) is 1.83. The summed E-state index contributed by atoms with van der Waals surface area (Å²) in [7, 11) is 3.29. The SMILES string of the molecule is C=C1C(=O)CCC1c1cc(OC)c(C)cc1OC. The summed E-state index contributed by atoms with van der Waals surface area (Å²) >= 11 is 0. The van der Waals surface area contributed by atoms with Gasteiger partial charge < -0.3 is 9.47 Å². The number of benzene rings is 1. The highest BCUT2D eigenvalue weighted by Gasteiger charge is 2.30. The maximum atomic E-state index is 11.6. The number of carbonyl (C=O) groups excluding carboxylic acids is 1. The Hall–Kier alpha value is -1.77. The summed E-state index contributed by atoms with van der Waals surface area (Å²) in [6, 6.07) is 3.91. The lowest BCUT2D eigenvalue weighted by Gasteiger charge is -2.17. The number of methoxy groups -OCH3 is 2. The Labute approximate surface area is 107 Å². The number of hydrogen-bond donors (Lipinski definition) is 0. The van der Waals surface area contributed by atoms with Crippen molar-refractivity contribution >= 4 is 5.78 Å². The molecular weight excluding hydrogens is 228 g/mol. The van der Waals surface area contributed by atoms with Crippen molar-refractivity contribution in [3.63, 3.8) is 0 Å². The van der Waals surface area contributed by atoms with E-state index in [0.717, 1.165) is 29.0 Å². The second kappa shape index (κ2) is 4.84. The first-order valence-electron chi connectivity index (χ1n) is 6.03. The van der Waals surface area contributed by atoms with Crippen LogP contribution in [-0.2, 0) is 4.79 Å². The van der Waals surface area contributed by atoms with Crippen LogP contribution < -0.4 is 9.47 Å². The van der Waals surface area contributed by atoms with Crippen LogP contribution in [0.4, 0.5) is 0 Å². The van der Waals surface area contributed by atoms with E-state index in [0.29, 0.717) is 12.0 Å².